The summed E-state index contributed by atoms with van der Waals surface area (Å²) in [5.41, 5.74) is 4.40. The minimum atomic E-state index is -1.90. The molecule has 0 aromatic heterocycles. The zero-order valence-corrected chi connectivity index (χ0v) is 22.5. The second kappa shape index (κ2) is 12.0. The molecule has 0 saturated carbocycles. The third-order valence-electron chi connectivity index (χ3n) is 6.70. The first-order valence-electron chi connectivity index (χ1n) is 12.1. The van der Waals surface area contributed by atoms with Crippen molar-refractivity contribution >= 4 is 26.3 Å². The van der Waals surface area contributed by atoms with Gasteiger partial charge in [0.05, 0.1) is 25.5 Å². The van der Waals surface area contributed by atoms with Gasteiger partial charge in [-0.1, -0.05) is 18.2 Å². The molecule has 1 N–H and O–H groups in total. The number of anilines is 1. The molecule has 10 heteroatoms. The fourth-order valence-corrected chi connectivity index (χ4v) is 4.93. The topological polar surface area (TPSA) is 74.7 Å². The van der Waals surface area contributed by atoms with E-state index in [9.17, 15) is 14.1 Å². The van der Waals surface area contributed by atoms with E-state index in [1.165, 1.54) is 19.2 Å². The highest BCUT2D eigenvalue weighted by atomic mass is 31.2. The molecule has 2 unspecified atom stereocenters. The SMILES string of the molecule is COc1cc(/C=C2\CCCN(C(C)c3ccc(F)cc3)C2=O)ccc1N1C=C(C)N(COP(O)OC)C1. The van der Waals surface area contributed by atoms with Crippen LogP contribution >= 0.6 is 8.60 Å². The van der Waals surface area contributed by atoms with Crippen molar-refractivity contribution in [3.63, 3.8) is 0 Å². The van der Waals surface area contributed by atoms with Gasteiger partial charge in [0.2, 0.25) is 5.91 Å². The van der Waals surface area contributed by atoms with E-state index in [0.29, 0.717) is 25.4 Å². The Morgan fingerprint density at radius 1 is 1.19 bits per heavy atom. The van der Waals surface area contributed by atoms with Crippen LogP contribution in [0.2, 0.25) is 0 Å². The van der Waals surface area contributed by atoms with Crippen molar-refractivity contribution in [2.24, 2.45) is 0 Å². The molecule has 8 nitrogen and oxygen atoms in total. The minimum absolute atomic E-state index is 0.000218. The monoisotopic (exact) mass is 529 g/mol. The number of hydrogen-bond acceptors (Lipinski definition) is 7. The number of hydrogen-bond donors (Lipinski definition) is 1. The maximum absolute atomic E-state index is 13.4. The standard InChI is InChI=1S/C27H33FN3O5P/c1-19-16-29(17-30(19)18-36-37(33)35-4)25-12-7-21(15-26(25)34-3)14-23-6-5-13-31(27(23)32)20(2)22-8-10-24(28)11-9-22/h7-12,14-16,20,33H,5-6,13,17-18H2,1-4H3/b23-14+. The molecule has 2 aliphatic rings. The van der Waals surface area contributed by atoms with Crippen molar-refractivity contribution < 1.29 is 27.9 Å². The first kappa shape index (κ1) is 27.1. The number of amides is 1. The van der Waals surface area contributed by atoms with Crippen LogP contribution in [-0.4, -0.2) is 54.8 Å². The molecular formula is C27H33FN3O5P. The van der Waals surface area contributed by atoms with Crippen LogP contribution in [0.25, 0.3) is 6.08 Å². The van der Waals surface area contributed by atoms with Crippen molar-refractivity contribution in [1.29, 1.82) is 0 Å². The Balaban J connectivity index is 1.49. The van der Waals surface area contributed by atoms with Crippen LogP contribution in [0.1, 0.15) is 43.9 Å². The Morgan fingerprint density at radius 3 is 2.65 bits per heavy atom. The molecule has 2 aromatic rings. The largest absolute Gasteiger partial charge is 0.495 e. The van der Waals surface area contributed by atoms with E-state index in [4.69, 9.17) is 13.8 Å². The number of carbonyl (C=O) groups is 1. The molecule has 0 bridgehead atoms. The molecule has 4 rings (SSSR count). The molecule has 37 heavy (non-hydrogen) atoms. The molecular weight excluding hydrogens is 496 g/mol. The Bertz CT molecular complexity index is 1170. The van der Waals surface area contributed by atoms with Gasteiger partial charge < -0.3 is 28.9 Å². The van der Waals surface area contributed by atoms with Gasteiger partial charge in [0.15, 0.2) is 0 Å². The quantitative estimate of drug-likeness (QED) is 0.345. The fraction of sp³-hybridized carbons (Fsp3) is 0.370. The summed E-state index contributed by atoms with van der Waals surface area (Å²) in [5.74, 6) is 0.396. The maximum atomic E-state index is 13.4. The lowest BCUT2D eigenvalue weighted by molar-refractivity contribution is -0.130. The molecule has 198 valence electrons. The highest BCUT2D eigenvalue weighted by Gasteiger charge is 2.28. The number of halogens is 1. The second-order valence-corrected chi connectivity index (χ2v) is 10.1. The summed E-state index contributed by atoms with van der Waals surface area (Å²) in [6.07, 6.45) is 5.49. The highest BCUT2D eigenvalue weighted by molar-refractivity contribution is 7.40. The number of methoxy groups -OCH3 is 1. The van der Waals surface area contributed by atoms with Crippen LogP contribution in [0, 0.1) is 5.82 Å². The van der Waals surface area contributed by atoms with Gasteiger partial charge >= 0.3 is 8.60 Å². The number of benzene rings is 2. The molecule has 1 saturated heterocycles. The Hall–Kier alpha value is -2.97. The number of nitrogens with zero attached hydrogens (tertiary/aromatic N) is 3. The van der Waals surface area contributed by atoms with Crippen molar-refractivity contribution in [2.75, 3.05) is 39.1 Å². The summed E-state index contributed by atoms with van der Waals surface area (Å²) in [4.78, 5) is 28.8. The third kappa shape index (κ3) is 6.30. The van der Waals surface area contributed by atoms with Crippen LogP contribution < -0.4 is 9.64 Å². The molecule has 2 atom stereocenters. The number of piperidine rings is 1. The lowest BCUT2D eigenvalue weighted by Crippen LogP contribution is -2.38. The van der Waals surface area contributed by atoms with E-state index < -0.39 is 8.60 Å². The van der Waals surface area contributed by atoms with Gasteiger partial charge in [-0.15, -0.1) is 0 Å². The smallest absolute Gasteiger partial charge is 0.331 e. The van der Waals surface area contributed by atoms with Crippen LogP contribution in [0.5, 0.6) is 5.75 Å². The summed E-state index contributed by atoms with van der Waals surface area (Å²) in [7, 11) is 1.13. The van der Waals surface area contributed by atoms with Gasteiger partial charge in [-0.05, 0) is 68.2 Å². The van der Waals surface area contributed by atoms with Gasteiger partial charge in [-0.3, -0.25) is 9.32 Å². The van der Waals surface area contributed by atoms with Crippen LogP contribution in [0.15, 0.2) is 59.9 Å². The number of allylic oxidation sites excluding steroid dienone is 1. The summed E-state index contributed by atoms with van der Waals surface area (Å²) in [6.45, 7) is 5.35. The molecule has 0 radical (unpaired) electrons. The van der Waals surface area contributed by atoms with E-state index in [-0.39, 0.29) is 24.5 Å². The first-order valence-corrected chi connectivity index (χ1v) is 13.2. The zero-order valence-electron chi connectivity index (χ0n) is 21.6. The minimum Gasteiger partial charge on any atom is -0.495 e. The Morgan fingerprint density at radius 2 is 1.95 bits per heavy atom. The summed E-state index contributed by atoms with van der Waals surface area (Å²) in [5, 5.41) is 0. The number of ether oxygens (including phenoxy) is 1. The number of likely N-dealkylation sites (tertiary alicyclic amines) is 1. The van der Waals surface area contributed by atoms with E-state index in [1.807, 2.05) is 59.0 Å². The average molecular weight is 530 g/mol. The van der Waals surface area contributed by atoms with Crippen LogP contribution in [0.3, 0.4) is 0 Å². The molecule has 0 spiro atoms. The highest BCUT2D eigenvalue weighted by Crippen LogP contribution is 2.36. The van der Waals surface area contributed by atoms with Gasteiger partial charge in [0.1, 0.15) is 18.3 Å². The lowest BCUT2D eigenvalue weighted by Gasteiger charge is -2.34. The molecule has 1 fully saturated rings. The third-order valence-corrected chi connectivity index (χ3v) is 7.35. The lowest BCUT2D eigenvalue weighted by atomic mass is 9.97. The average Bonchev–Trinajstić information content (AvgIpc) is 3.28. The fourth-order valence-electron chi connectivity index (χ4n) is 4.58. The van der Waals surface area contributed by atoms with Gasteiger partial charge in [0.25, 0.3) is 0 Å². The van der Waals surface area contributed by atoms with Crippen LogP contribution in [-0.2, 0) is 13.8 Å². The summed E-state index contributed by atoms with van der Waals surface area (Å²) < 4.78 is 29.2. The maximum Gasteiger partial charge on any atom is 0.331 e. The van der Waals surface area contributed by atoms with E-state index in [2.05, 4.69) is 0 Å². The predicted octanol–water partition coefficient (Wildman–Crippen LogP) is 5.38. The van der Waals surface area contributed by atoms with Gasteiger partial charge in [-0.25, -0.2) is 4.39 Å². The second-order valence-electron chi connectivity index (χ2n) is 9.03. The molecule has 2 aliphatic heterocycles. The van der Waals surface area contributed by atoms with Crippen molar-refractivity contribution in [3.05, 3.63) is 76.9 Å². The predicted molar refractivity (Wildman–Crippen MR) is 142 cm³/mol. The van der Waals surface area contributed by atoms with Crippen molar-refractivity contribution in [2.45, 2.75) is 32.7 Å². The van der Waals surface area contributed by atoms with Crippen molar-refractivity contribution in [1.82, 2.24) is 9.80 Å². The van der Waals surface area contributed by atoms with Crippen LogP contribution in [0.4, 0.5) is 10.1 Å². The van der Waals surface area contributed by atoms with Crippen molar-refractivity contribution in [3.8, 4) is 5.75 Å². The molecule has 1 amide bonds. The summed E-state index contributed by atoms with van der Waals surface area (Å²) in [6, 6.07) is 12.1. The number of rotatable bonds is 9. The Kier molecular flexibility index (Phi) is 8.82. The van der Waals surface area contributed by atoms with Gasteiger partial charge in [-0.2, -0.15) is 0 Å². The van der Waals surface area contributed by atoms with E-state index in [0.717, 1.165) is 34.5 Å². The number of carbonyl (C=O) groups excluding carboxylic acids is 1. The molecule has 2 aromatic carbocycles. The normalized spacial score (nSPS) is 18.9. The zero-order chi connectivity index (χ0) is 26.5. The van der Waals surface area contributed by atoms with E-state index in [1.54, 1.807) is 19.2 Å². The summed E-state index contributed by atoms with van der Waals surface area (Å²) >= 11 is 0. The first-order chi connectivity index (χ1) is 17.8. The Labute approximate surface area is 218 Å². The molecule has 0 aliphatic carbocycles. The van der Waals surface area contributed by atoms with Gasteiger partial charge in [0, 0.05) is 31.1 Å². The molecule has 2 heterocycles. The van der Waals surface area contributed by atoms with E-state index >= 15 is 0 Å².